The number of carbonyl (C=O) groups is 1. The van der Waals surface area contributed by atoms with Crippen LogP contribution in [0.1, 0.15) is 15.9 Å². The number of hydrogen-bond acceptors (Lipinski definition) is 2. The topological polar surface area (TPSA) is 32.3 Å². The van der Waals surface area contributed by atoms with Gasteiger partial charge in [0.05, 0.1) is 5.56 Å². The van der Waals surface area contributed by atoms with Crippen LogP contribution in [0.3, 0.4) is 0 Å². The van der Waals surface area contributed by atoms with E-state index in [9.17, 15) is 18.0 Å². The van der Waals surface area contributed by atoms with Gasteiger partial charge in [0.1, 0.15) is 0 Å². The molecule has 1 amide bonds. The molecule has 0 bridgehead atoms. The fourth-order valence-corrected chi connectivity index (χ4v) is 1.95. The number of alkyl halides is 3. The minimum Gasteiger partial charge on any atom is -0.340 e. The largest absolute Gasteiger partial charge is 0.417 e. The van der Waals surface area contributed by atoms with Crippen molar-refractivity contribution in [1.82, 2.24) is 10.2 Å². The highest BCUT2D eigenvalue weighted by Gasteiger charge is 2.33. The van der Waals surface area contributed by atoms with Gasteiger partial charge >= 0.3 is 6.18 Å². The second kappa shape index (κ2) is 6.38. The normalized spacial score (nSPS) is 11.5. The predicted octanol–water partition coefficient (Wildman–Crippen LogP) is 2.76. The van der Waals surface area contributed by atoms with E-state index < -0.39 is 17.6 Å². The number of hydrogen-bond donors (Lipinski definition) is 1. The molecule has 0 aliphatic carbocycles. The van der Waals surface area contributed by atoms with E-state index in [2.05, 4.69) is 21.2 Å². The monoisotopic (exact) mass is 338 g/mol. The maximum Gasteiger partial charge on any atom is 0.417 e. The summed E-state index contributed by atoms with van der Waals surface area (Å²) in [5.74, 6) is -0.437. The summed E-state index contributed by atoms with van der Waals surface area (Å²) in [7, 11) is 3.29. The number of carbonyl (C=O) groups excluding carboxylic acids is 1. The van der Waals surface area contributed by atoms with Gasteiger partial charge in [-0.15, -0.1) is 0 Å². The smallest absolute Gasteiger partial charge is 0.340 e. The molecule has 0 atom stereocenters. The predicted molar refractivity (Wildman–Crippen MR) is 70.0 cm³/mol. The van der Waals surface area contributed by atoms with Gasteiger partial charge in [-0.2, -0.15) is 13.2 Å². The van der Waals surface area contributed by atoms with Crippen LogP contribution in [0.25, 0.3) is 0 Å². The summed E-state index contributed by atoms with van der Waals surface area (Å²) < 4.78 is 38.1. The van der Waals surface area contributed by atoms with E-state index in [1.165, 1.54) is 17.0 Å². The molecule has 1 aromatic carbocycles. The molecule has 19 heavy (non-hydrogen) atoms. The zero-order chi connectivity index (χ0) is 14.6. The van der Waals surface area contributed by atoms with E-state index in [0.29, 0.717) is 13.1 Å². The molecule has 0 aromatic heterocycles. The first-order valence-electron chi connectivity index (χ1n) is 5.54. The summed E-state index contributed by atoms with van der Waals surface area (Å²) in [6.07, 6.45) is -4.49. The second-order valence-corrected chi connectivity index (χ2v) is 4.88. The van der Waals surface area contributed by atoms with E-state index in [1.54, 1.807) is 14.1 Å². The molecule has 0 saturated heterocycles. The molecule has 0 heterocycles. The van der Waals surface area contributed by atoms with Crippen LogP contribution in [0.5, 0.6) is 0 Å². The number of benzene rings is 1. The molecule has 0 spiro atoms. The van der Waals surface area contributed by atoms with Gasteiger partial charge in [-0.1, -0.05) is 15.9 Å². The molecule has 0 saturated carbocycles. The molecule has 0 fully saturated rings. The molecular weight excluding hydrogens is 325 g/mol. The van der Waals surface area contributed by atoms with Gasteiger partial charge in [0.15, 0.2) is 0 Å². The maximum absolute atomic E-state index is 12.7. The van der Waals surface area contributed by atoms with E-state index in [-0.39, 0.29) is 10.0 Å². The average Bonchev–Trinajstić information content (AvgIpc) is 2.34. The summed E-state index contributed by atoms with van der Waals surface area (Å²) in [4.78, 5) is 13.3. The van der Waals surface area contributed by atoms with Gasteiger partial charge in [0.25, 0.3) is 5.91 Å². The molecule has 1 aromatic rings. The summed E-state index contributed by atoms with van der Waals surface area (Å²) in [5.41, 5.74) is -0.825. The van der Waals surface area contributed by atoms with Crippen LogP contribution < -0.4 is 5.32 Å². The third-order valence-electron chi connectivity index (χ3n) is 2.56. The highest BCUT2D eigenvalue weighted by Crippen LogP contribution is 2.35. The van der Waals surface area contributed by atoms with Crippen molar-refractivity contribution in [3.8, 4) is 0 Å². The lowest BCUT2D eigenvalue weighted by molar-refractivity contribution is -0.138. The van der Waals surface area contributed by atoms with Crippen LogP contribution in [0.2, 0.25) is 0 Å². The zero-order valence-electron chi connectivity index (χ0n) is 10.5. The van der Waals surface area contributed by atoms with Crippen molar-refractivity contribution in [2.45, 2.75) is 6.18 Å². The lowest BCUT2D eigenvalue weighted by Gasteiger charge is -2.18. The van der Waals surface area contributed by atoms with Crippen LogP contribution in [-0.2, 0) is 6.18 Å². The lowest BCUT2D eigenvalue weighted by atomic mass is 10.1. The Morgan fingerprint density at radius 2 is 2.05 bits per heavy atom. The van der Waals surface area contributed by atoms with E-state index in [1.807, 2.05) is 0 Å². The highest BCUT2D eigenvalue weighted by atomic mass is 79.9. The van der Waals surface area contributed by atoms with Gasteiger partial charge in [0.2, 0.25) is 0 Å². The lowest BCUT2D eigenvalue weighted by Crippen LogP contribution is -2.32. The fourth-order valence-electron chi connectivity index (χ4n) is 1.48. The average molecular weight is 339 g/mol. The van der Waals surface area contributed by atoms with E-state index in [4.69, 9.17) is 0 Å². The molecule has 0 aliphatic rings. The second-order valence-electron chi connectivity index (χ2n) is 4.02. The molecular formula is C12H14BrF3N2O. The first-order valence-corrected chi connectivity index (χ1v) is 6.33. The van der Waals surface area contributed by atoms with Gasteiger partial charge in [0, 0.05) is 30.2 Å². The minimum absolute atomic E-state index is 0.0223. The number of rotatable bonds is 4. The Bertz CT molecular complexity index is 463. The van der Waals surface area contributed by atoms with Crippen molar-refractivity contribution in [3.63, 3.8) is 0 Å². The van der Waals surface area contributed by atoms with Crippen molar-refractivity contribution in [2.24, 2.45) is 0 Å². The Kier molecular flexibility index (Phi) is 5.37. The van der Waals surface area contributed by atoms with Gasteiger partial charge in [-0.05, 0) is 25.2 Å². The fraction of sp³-hybridized carbons (Fsp3) is 0.417. The van der Waals surface area contributed by atoms with E-state index >= 15 is 0 Å². The molecule has 106 valence electrons. The Hall–Kier alpha value is -1.08. The Balaban J connectivity index is 2.99. The standard InChI is InChI=1S/C12H14BrF3N2O/c1-17-5-6-18(2)11(19)8-3-4-10(13)9(7-8)12(14,15)16/h3-4,7,17H,5-6H2,1-2H3. The number of amides is 1. The molecule has 1 N–H and O–H groups in total. The van der Waals surface area contributed by atoms with Crippen LogP contribution in [0.4, 0.5) is 13.2 Å². The Labute approximate surface area is 117 Å². The van der Waals surface area contributed by atoms with Gasteiger partial charge in [-0.3, -0.25) is 4.79 Å². The Morgan fingerprint density at radius 3 is 2.58 bits per heavy atom. The van der Waals surface area contributed by atoms with Crippen LogP contribution in [0, 0.1) is 0 Å². The number of nitrogens with one attached hydrogen (secondary N) is 1. The van der Waals surface area contributed by atoms with Crippen LogP contribution in [0.15, 0.2) is 22.7 Å². The number of likely N-dealkylation sites (N-methyl/N-ethyl adjacent to an activating group) is 2. The van der Waals surface area contributed by atoms with Crippen molar-refractivity contribution in [3.05, 3.63) is 33.8 Å². The Morgan fingerprint density at radius 1 is 1.42 bits per heavy atom. The van der Waals surface area contributed by atoms with Crippen LogP contribution >= 0.6 is 15.9 Å². The molecule has 0 radical (unpaired) electrons. The highest BCUT2D eigenvalue weighted by molar-refractivity contribution is 9.10. The summed E-state index contributed by atoms with van der Waals surface area (Å²) in [6, 6.07) is 3.47. The molecule has 7 heteroatoms. The zero-order valence-corrected chi connectivity index (χ0v) is 12.1. The first-order chi connectivity index (χ1) is 8.77. The molecule has 0 unspecified atom stereocenters. The van der Waals surface area contributed by atoms with Gasteiger partial charge in [-0.25, -0.2) is 0 Å². The summed E-state index contributed by atoms with van der Waals surface area (Å²) in [6.45, 7) is 0.998. The molecule has 3 nitrogen and oxygen atoms in total. The van der Waals surface area contributed by atoms with Crippen molar-refractivity contribution < 1.29 is 18.0 Å². The third kappa shape index (κ3) is 4.21. The van der Waals surface area contributed by atoms with E-state index in [0.717, 1.165) is 6.07 Å². The number of halogens is 4. The van der Waals surface area contributed by atoms with Crippen LogP contribution in [-0.4, -0.2) is 38.0 Å². The van der Waals surface area contributed by atoms with Crippen molar-refractivity contribution >= 4 is 21.8 Å². The first kappa shape index (κ1) is 16.0. The SMILES string of the molecule is CNCCN(C)C(=O)c1ccc(Br)c(C(F)(F)F)c1. The maximum atomic E-state index is 12.7. The minimum atomic E-state index is -4.49. The summed E-state index contributed by atoms with van der Waals surface area (Å²) in [5, 5.41) is 2.87. The van der Waals surface area contributed by atoms with Gasteiger partial charge < -0.3 is 10.2 Å². The third-order valence-corrected chi connectivity index (χ3v) is 3.25. The van der Waals surface area contributed by atoms with Crippen molar-refractivity contribution in [1.29, 1.82) is 0 Å². The molecule has 1 rings (SSSR count). The van der Waals surface area contributed by atoms with Crippen molar-refractivity contribution in [2.75, 3.05) is 27.2 Å². The number of nitrogens with zero attached hydrogens (tertiary/aromatic N) is 1. The summed E-state index contributed by atoms with van der Waals surface area (Å²) >= 11 is 2.84. The molecule has 0 aliphatic heterocycles. The quantitative estimate of drug-likeness (QED) is 0.915.